The molecule has 0 aliphatic heterocycles. The Morgan fingerprint density at radius 1 is 1.39 bits per heavy atom. The first-order valence-corrected chi connectivity index (χ1v) is 7.04. The van der Waals surface area contributed by atoms with Crippen LogP contribution in [-0.4, -0.2) is 47.1 Å². The molecule has 0 unspecified atom stereocenters. The van der Waals surface area contributed by atoms with Crippen LogP contribution in [0.4, 0.5) is 5.69 Å². The van der Waals surface area contributed by atoms with Gasteiger partial charge in [0.25, 0.3) is 5.69 Å². The molecule has 0 heterocycles. The monoisotopic (exact) mass is 339 g/mol. The minimum atomic E-state index is -1.58. The predicted molar refractivity (Wildman–Crippen MR) is 81.3 cm³/mol. The van der Waals surface area contributed by atoms with E-state index < -0.39 is 10.9 Å². The van der Waals surface area contributed by atoms with Crippen molar-refractivity contribution in [1.82, 2.24) is 9.91 Å². The van der Waals surface area contributed by atoms with E-state index >= 15 is 0 Å². The zero-order valence-corrected chi connectivity index (χ0v) is 13.5. The highest BCUT2D eigenvalue weighted by atomic mass is 32.2. The number of hydrogen-bond donors (Lipinski definition) is 2. The highest BCUT2D eigenvalue weighted by Gasteiger charge is 2.21. The van der Waals surface area contributed by atoms with Crippen LogP contribution in [0, 0.1) is 21.1 Å². The number of carbonyl (C=O) groups excluding carboxylic acids is 1. The van der Waals surface area contributed by atoms with Gasteiger partial charge in [-0.15, -0.1) is 0 Å². The van der Waals surface area contributed by atoms with Crippen LogP contribution in [0.15, 0.2) is 22.3 Å². The number of nitro benzene ring substituents is 1. The van der Waals surface area contributed by atoms with Crippen molar-refractivity contribution in [2.24, 2.45) is 5.22 Å². The Morgan fingerprint density at radius 3 is 2.43 bits per heavy atom. The molecule has 0 fully saturated rings. The molecule has 10 nitrogen and oxygen atoms in total. The first kappa shape index (κ1) is 18.5. The molecule has 2 N–H and O–H groups in total. The molecule has 0 amide bonds. The summed E-state index contributed by atoms with van der Waals surface area (Å²) in [5, 5.41) is 33.9. The third kappa shape index (κ3) is 4.72. The number of carbonyl (C=O) groups is 1. The van der Waals surface area contributed by atoms with Gasteiger partial charge in [0, 0.05) is 35.7 Å². The lowest BCUT2D eigenvalue weighted by Gasteiger charge is -2.17. The second-order valence-electron chi connectivity index (χ2n) is 4.79. The molecule has 0 aliphatic rings. The molecule has 0 saturated carbocycles. The third-order valence-corrected chi connectivity index (χ3v) is 3.75. The Morgan fingerprint density at radius 2 is 2.00 bits per heavy atom. The van der Waals surface area contributed by atoms with E-state index in [1.807, 2.05) is 0 Å². The molecule has 0 aromatic heterocycles. The second kappa shape index (κ2) is 7.65. The maximum atomic E-state index is 11.2. The predicted octanol–water partition coefficient (Wildman–Crippen LogP) is 0.925. The van der Waals surface area contributed by atoms with Crippen molar-refractivity contribution in [3.63, 3.8) is 0 Å². The number of nitrogens with zero attached hydrogens (tertiary/aromatic N) is 4. The average Bonchev–Trinajstić information content (AvgIpc) is 2.45. The van der Waals surface area contributed by atoms with E-state index in [0.29, 0.717) is 5.56 Å². The van der Waals surface area contributed by atoms with E-state index in [1.165, 1.54) is 13.1 Å². The van der Waals surface area contributed by atoms with Gasteiger partial charge in [0.2, 0.25) is 0 Å². The number of hydrogen-bond acceptors (Lipinski definition) is 9. The number of thioether (sulfide) groups is 1. The van der Waals surface area contributed by atoms with Gasteiger partial charge in [-0.25, -0.2) is 5.01 Å². The van der Waals surface area contributed by atoms with E-state index in [9.17, 15) is 20.0 Å². The number of aromatic carboxylic acids is 1. The van der Waals surface area contributed by atoms with Gasteiger partial charge in [-0.3, -0.25) is 15.5 Å². The fourth-order valence-corrected chi connectivity index (χ4v) is 2.54. The molecule has 0 bridgehead atoms. The number of nitro groups is 1. The molecule has 0 saturated heterocycles. The summed E-state index contributed by atoms with van der Waals surface area (Å²) in [6, 6.07) is 2.28. The lowest BCUT2D eigenvalue weighted by atomic mass is 10.1. The summed E-state index contributed by atoms with van der Waals surface area (Å²) < 4.78 is 0. The van der Waals surface area contributed by atoms with Crippen LogP contribution in [0.25, 0.3) is 0 Å². The zero-order valence-electron chi connectivity index (χ0n) is 12.7. The first-order chi connectivity index (χ1) is 10.7. The van der Waals surface area contributed by atoms with Crippen molar-refractivity contribution in [3.05, 3.63) is 33.4 Å². The number of carboxylic acid groups (broad SMARTS) is 1. The van der Waals surface area contributed by atoms with Crippen LogP contribution in [0.5, 0.6) is 0 Å². The Bertz CT molecular complexity index is 663. The smallest absolute Gasteiger partial charge is 0.274 e. The Balaban J connectivity index is 3.41. The number of carboxylic acids is 1. The van der Waals surface area contributed by atoms with E-state index in [2.05, 4.69) is 5.22 Å². The van der Waals surface area contributed by atoms with Crippen molar-refractivity contribution in [2.45, 2.75) is 11.4 Å². The van der Waals surface area contributed by atoms with Crippen LogP contribution in [0.1, 0.15) is 15.9 Å². The largest absolute Gasteiger partial charge is 0.545 e. The summed E-state index contributed by atoms with van der Waals surface area (Å²) in [6.07, 6.45) is 0. The van der Waals surface area contributed by atoms with Crippen LogP contribution < -0.4 is 5.11 Å². The minimum absolute atomic E-state index is 0.118. The van der Waals surface area contributed by atoms with Gasteiger partial charge in [0.05, 0.1) is 10.9 Å². The summed E-state index contributed by atoms with van der Waals surface area (Å²) >= 11 is 0.726. The van der Waals surface area contributed by atoms with E-state index in [-0.39, 0.29) is 27.9 Å². The van der Waals surface area contributed by atoms with Crippen LogP contribution in [0.3, 0.4) is 0 Å². The van der Waals surface area contributed by atoms with Crippen molar-refractivity contribution in [1.29, 1.82) is 10.9 Å². The number of benzene rings is 1. The molecule has 23 heavy (non-hydrogen) atoms. The normalized spacial score (nSPS) is 10.4. The minimum Gasteiger partial charge on any atom is -0.545 e. The third-order valence-electron chi connectivity index (χ3n) is 2.73. The van der Waals surface area contributed by atoms with Crippen LogP contribution in [0.2, 0.25) is 0 Å². The molecule has 0 atom stereocenters. The topological polar surface area (TPSA) is 150 Å². The molecule has 124 valence electrons. The molecular weight excluding hydrogens is 324 g/mol. The lowest BCUT2D eigenvalue weighted by Crippen LogP contribution is -2.24. The van der Waals surface area contributed by atoms with Crippen molar-refractivity contribution in [2.75, 3.05) is 21.1 Å². The van der Waals surface area contributed by atoms with Crippen molar-refractivity contribution in [3.8, 4) is 0 Å². The SMILES string of the molecule is CN(C)Cc1cc(SC(=N)N(C)N=N)c(C(=O)[O-])cc1[N+](=O)[O-]. The van der Waals surface area contributed by atoms with Crippen LogP contribution in [-0.2, 0) is 6.54 Å². The van der Waals surface area contributed by atoms with Gasteiger partial charge in [0.15, 0.2) is 5.17 Å². The average molecular weight is 339 g/mol. The first-order valence-electron chi connectivity index (χ1n) is 6.22. The van der Waals surface area contributed by atoms with Crippen LogP contribution >= 0.6 is 11.8 Å². The number of rotatable bonds is 6. The Kier molecular flexibility index (Phi) is 6.16. The van der Waals surface area contributed by atoms with Gasteiger partial charge in [0.1, 0.15) is 0 Å². The Hall–Kier alpha value is -2.53. The number of amidine groups is 1. The molecule has 0 radical (unpaired) electrons. The summed E-state index contributed by atoms with van der Waals surface area (Å²) in [5.74, 6) is -1.58. The maximum absolute atomic E-state index is 11.2. The lowest BCUT2D eigenvalue weighted by molar-refractivity contribution is -0.385. The second-order valence-corrected chi connectivity index (χ2v) is 5.82. The summed E-state index contributed by atoms with van der Waals surface area (Å²) in [4.78, 5) is 23.6. The molecule has 1 aromatic rings. The van der Waals surface area contributed by atoms with Gasteiger partial charge in [-0.2, -0.15) is 5.53 Å². The molecular formula is C12H15N6O4S-. The quantitative estimate of drug-likeness (QED) is 0.195. The van der Waals surface area contributed by atoms with Crippen molar-refractivity contribution < 1.29 is 14.8 Å². The summed E-state index contributed by atoms with van der Waals surface area (Å²) in [7, 11) is 4.79. The zero-order chi connectivity index (χ0) is 17.7. The van der Waals surface area contributed by atoms with E-state index in [0.717, 1.165) is 22.8 Å². The Labute approximate surface area is 136 Å². The van der Waals surface area contributed by atoms with Gasteiger partial charge >= 0.3 is 0 Å². The fraction of sp³-hybridized carbons (Fsp3) is 0.333. The molecule has 0 aliphatic carbocycles. The summed E-state index contributed by atoms with van der Waals surface area (Å²) in [5.41, 5.74) is 6.44. The molecule has 1 aromatic carbocycles. The van der Waals surface area contributed by atoms with Gasteiger partial charge in [-0.05, 0) is 20.2 Å². The van der Waals surface area contributed by atoms with Gasteiger partial charge < -0.3 is 14.8 Å². The standard InChI is InChI=1S/C12H16N6O4S/c1-16(2)6-7-4-10(23-12(13)17(3)15-14)8(11(19)20)5-9(7)18(21)22/h4-5,13-14H,6H2,1-3H3,(H,19,20)/p-1. The molecule has 0 spiro atoms. The van der Waals surface area contributed by atoms with Gasteiger partial charge in [-0.1, -0.05) is 17.0 Å². The van der Waals surface area contributed by atoms with E-state index in [1.54, 1.807) is 19.0 Å². The molecule has 1 rings (SSSR count). The number of nitrogens with one attached hydrogen (secondary N) is 2. The molecule has 11 heteroatoms. The maximum Gasteiger partial charge on any atom is 0.274 e. The highest BCUT2D eigenvalue weighted by Crippen LogP contribution is 2.31. The fourth-order valence-electron chi connectivity index (χ4n) is 1.71. The summed E-state index contributed by atoms with van der Waals surface area (Å²) in [6.45, 7) is 0.225. The van der Waals surface area contributed by atoms with E-state index in [4.69, 9.17) is 10.9 Å². The highest BCUT2D eigenvalue weighted by molar-refractivity contribution is 8.13. The van der Waals surface area contributed by atoms with Crippen molar-refractivity contribution >= 4 is 28.6 Å².